The molecule has 1 aromatic heterocycles. The van der Waals surface area contributed by atoms with Crippen LogP contribution < -0.4 is 10.6 Å². The molecule has 0 atom stereocenters. The van der Waals surface area contributed by atoms with Crippen molar-refractivity contribution >= 4 is 17.5 Å². The molecule has 25 heavy (non-hydrogen) atoms. The first-order valence-corrected chi connectivity index (χ1v) is 8.03. The number of carbonyl (C=O) groups is 2. The molecule has 7 heteroatoms. The molecular formula is C18H23FN4O2. The number of amides is 2. The van der Waals surface area contributed by atoms with E-state index in [4.69, 9.17) is 0 Å². The lowest BCUT2D eigenvalue weighted by Crippen LogP contribution is -2.28. The Labute approximate surface area is 146 Å². The van der Waals surface area contributed by atoms with Crippen LogP contribution in [0.4, 0.5) is 10.1 Å². The Morgan fingerprint density at radius 1 is 1.16 bits per heavy atom. The van der Waals surface area contributed by atoms with Gasteiger partial charge in [0.25, 0.3) is 11.8 Å². The number of nitrogens with zero attached hydrogens (tertiary/aromatic N) is 2. The summed E-state index contributed by atoms with van der Waals surface area (Å²) < 4.78 is 14.6. The number of aromatic nitrogens is 1. The lowest BCUT2D eigenvalue weighted by atomic mass is 10.2. The molecule has 0 saturated carbocycles. The number of benzene rings is 1. The van der Waals surface area contributed by atoms with E-state index in [2.05, 4.69) is 15.5 Å². The van der Waals surface area contributed by atoms with Crippen LogP contribution in [0.25, 0.3) is 0 Å². The number of rotatable bonds is 7. The summed E-state index contributed by atoms with van der Waals surface area (Å²) in [5.41, 5.74) is 1.31. The average Bonchev–Trinajstić information content (AvgIpc) is 2.92. The quantitative estimate of drug-likeness (QED) is 0.755. The minimum absolute atomic E-state index is 0.191. The van der Waals surface area contributed by atoms with E-state index < -0.39 is 5.82 Å². The van der Waals surface area contributed by atoms with Crippen LogP contribution in [0.3, 0.4) is 0 Å². The Morgan fingerprint density at radius 2 is 1.84 bits per heavy atom. The molecule has 0 fully saturated rings. The summed E-state index contributed by atoms with van der Waals surface area (Å²) in [5.74, 6) is -0.948. The van der Waals surface area contributed by atoms with Gasteiger partial charge in [-0.25, -0.2) is 4.39 Å². The SMILES string of the molecule is CN(C)CCCNC(=O)c1cc(NC(=O)c2ccc(F)cc2)cn1C. The molecule has 0 aliphatic carbocycles. The van der Waals surface area contributed by atoms with Crippen molar-refractivity contribution in [1.82, 2.24) is 14.8 Å². The van der Waals surface area contributed by atoms with E-state index in [1.807, 2.05) is 14.1 Å². The van der Waals surface area contributed by atoms with Gasteiger partial charge in [-0.2, -0.15) is 0 Å². The van der Waals surface area contributed by atoms with Gasteiger partial charge in [-0.1, -0.05) is 0 Å². The lowest BCUT2D eigenvalue weighted by Gasteiger charge is -2.10. The molecule has 1 heterocycles. The second-order valence-electron chi connectivity index (χ2n) is 6.10. The van der Waals surface area contributed by atoms with Crippen LogP contribution in [0.2, 0.25) is 0 Å². The monoisotopic (exact) mass is 346 g/mol. The highest BCUT2D eigenvalue weighted by Gasteiger charge is 2.13. The topological polar surface area (TPSA) is 66.4 Å². The van der Waals surface area contributed by atoms with Crippen LogP contribution in [0, 0.1) is 5.82 Å². The summed E-state index contributed by atoms with van der Waals surface area (Å²) in [6.45, 7) is 1.48. The smallest absolute Gasteiger partial charge is 0.267 e. The van der Waals surface area contributed by atoms with E-state index in [1.165, 1.54) is 24.3 Å². The molecule has 0 unspecified atom stereocenters. The fourth-order valence-electron chi connectivity index (χ4n) is 2.35. The largest absolute Gasteiger partial charge is 0.351 e. The van der Waals surface area contributed by atoms with E-state index in [-0.39, 0.29) is 11.8 Å². The highest BCUT2D eigenvalue weighted by Crippen LogP contribution is 2.14. The van der Waals surface area contributed by atoms with Gasteiger partial charge in [0.2, 0.25) is 0 Å². The van der Waals surface area contributed by atoms with E-state index in [0.29, 0.717) is 23.5 Å². The molecule has 6 nitrogen and oxygen atoms in total. The van der Waals surface area contributed by atoms with Gasteiger partial charge < -0.3 is 20.1 Å². The van der Waals surface area contributed by atoms with E-state index >= 15 is 0 Å². The van der Waals surface area contributed by atoms with E-state index in [9.17, 15) is 14.0 Å². The Kier molecular flexibility index (Phi) is 6.30. The molecule has 0 aliphatic heterocycles. The summed E-state index contributed by atoms with van der Waals surface area (Å²) in [6, 6.07) is 6.89. The van der Waals surface area contributed by atoms with Gasteiger partial charge in [0.1, 0.15) is 11.5 Å². The Balaban J connectivity index is 1.95. The number of hydrogen-bond acceptors (Lipinski definition) is 3. The van der Waals surface area contributed by atoms with Gasteiger partial charge in [0, 0.05) is 25.4 Å². The number of carbonyl (C=O) groups excluding carboxylic acids is 2. The van der Waals surface area contributed by atoms with Gasteiger partial charge in [-0.15, -0.1) is 0 Å². The second kappa shape index (κ2) is 8.43. The Hall–Kier alpha value is -2.67. The molecule has 2 aromatic rings. The lowest BCUT2D eigenvalue weighted by molar-refractivity contribution is 0.0943. The number of anilines is 1. The number of halogens is 1. The second-order valence-corrected chi connectivity index (χ2v) is 6.10. The molecule has 0 spiro atoms. The predicted molar refractivity (Wildman–Crippen MR) is 95.3 cm³/mol. The summed E-state index contributed by atoms with van der Waals surface area (Å²) >= 11 is 0. The molecule has 0 aliphatic rings. The van der Waals surface area contributed by atoms with Crippen molar-refractivity contribution in [2.24, 2.45) is 7.05 Å². The Bertz CT molecular complexity index is 738. The van der Waals surface area contributed by atoms with Crippen molar-refractivity contribution < 1.29 is 14.0 Å². The molecule has 1 aromatic carbocycles. The maximum absolute atomic E-state index is 12.9. The standard InChI is InChI=1S/C18H23FN4O2/c1-22(2)10-4-9-20-18(25)16-11-15(12-23(16)3)21-17(24)13-5-7-14(19)8-6-13/h5-8,11-12H,4,9-10H2,1-3H3,(H,20,25)(H,21,24). The third-order valence-electron chi connectivity index (χ3n) is 3.67. The van der Waals surface area contributed by atoms with Crippen LogP contribution in [0.1, 0.15) is 27.3 Å². The molecule has 134 valence electrons. The first kappa shape index (κ1) is 18.7. The molecular weight excluding hydrogens is 323 g/mol. The molecule has 0 saturated heterocycles. The summed E-state index contributed by atoms with van der Waals surface area (Å²) in [5, 5.41) is 5.57. The maximum Gasteiger partial charge on any atom is 0.267 e. The number of aryl methyl sites for hydroxylation is 1. The van der Waals surface area contributed by atoms with Crippen molar-refractivity contribution in [2.45, 2.75) is 6.42 Å². The number of hydrogen-bond donors (Lipinski definition) is 2. The molecule has 2 amide bonds. The van der Waals surface area contributed by atoms with Crippen molar-refractivity contribution in [3.63, 3.8) is 0 Å². The van der Waals surface area contributed by atoms with Gasteiger partial charge in [-0.3, -0.25) is 9.59 Å². The molecule has 0 radical (unpaired) electrons. The first-order valence-electron chi connectivity index (χ1n) is 8.03. The van der Waals surface area contributed by atoms with Crippen molar-refractivity contribution in [2.75, 3.05) is 32.5 Å². The van der Waals surface area contributed by atoms with Crippen LogP contribution in [0.15, 0.2) is 36.5 Å². The minimum Gasteiger partial charge on any atom is -0.351 e. The fourth-order valence-corrected chi connectivity index (χ4v) is 2.35. The zero-order valence-electron chi connectivity index (χ0n) is 14.7. The highest BCUT2D eigenvalue weighted by atomic mass is 19.1. The Morgan fingerprint density at radius 3 is 2.48 bits per heavy atom. The van der Waals surface area contributed by atoms with Crippen LogP contribution >= 0.6 is 0 Å². The van der Waals surface area contributed by atoms with Gasteiger partial charge in [0.05, 0.1) is 5.69 Å². The zero-order chi connectivity index (χ0) is 18.4. The summed E-state index contributed by atoms with van der Waals surface area (Å²) in [4.78, 5) is 26.4. The van der Waals surface area contributed by atoms with Crippen LogP contribution in [-0.4, -0.2) is 48.5 Å². The third kappa shape index (κ3) is 5.42. The highest BCUT2D eigenvalue weighted by molar-refractivity contribution is 6.05. The normalized spacial score (nSPS) is 10.8. The number of nitrogens with one attached hydrogen (secondary N) is 2. The fraction of sp³-hybridized carbons (Fsp3) is 0.333. The summed E-state index contributed by atoms with van der Waals surface area (Å²) in [7, 11) is 5.70. The van der Waals surface area contributed by atoms with Crippen molar-refractivity contribution in [3.05, 3.63) is 53.6 Å². The third-order valence-corrected chi connectivity index (χ3v) is 3.67. The van der Waals surface area contributed by atoms with Gasteiger partial charge in [-0.05, 0) is 57.4 Å². The molecule has 0 bridgehead atoms. The minimum atomic E-state index is -0.399. The summed E-state index contributed by atoms with van der Waals surface area (Å²) in [6.07, 6.45) is 2.52. The first-order chi connectivity index (χ1) is 11.9. The van der Waals surface area contributed by atoms with Crippen molar-refractivity contribution in [1.29, 1.82) is 0 Å². The van der Waals surface area contributed by atoms with Crippen LogP contribution in [-0.2, 0) is 7.05 Å². The average molecular weight is 346 g/mol. The zero-order valence-corrected chi connectivity index (χ0v) is 14.7. The van der Waals surface area contributed by atoms with E-state index in [1.54, 1.807) is 23.9 Å². The maximum atomic E-state index is 12.9. The van der Waals surface area contributed by atoms with Crippen LogP contribution in [0.5, 0.6) is 0 Å². The van der Waals surface area contributed by atoms with Crippen molar-refractivity contribution in [3.8, 4) is 0 Å². The molecule has 2 N–H and O–H groups in total. The van der Waals surface area contributed by atoms with E-state index in [0.717, 1.165) is 13.0 Å². The van der Waals surface area contributed by atoms with Gasteiger partial charge in [0.15, 0.2) is 0 Å². The molecule has 2 rings (SSSR count). The van der Waals surface area contributed by atoms with Gasteiger partial charge >= 0.3 is 0 Å². The predicted octanol–water partition coefficient (Wildman–Crippen LogP) is 2.10.